The van der Waals surface area contributed by atoms with E-state index in [1.165, 1.54) is 0 Å². The van der Waals surface area contributed by atoms with Crippen molar-refractivity contribution in [1.82, 2.24) is 0 Å². The van der Waals surface area contributed by atoms with Gasteiger partial charge in [0, 0.05) is 0 Å². The second-order valence-corrected chi connectivity index (χ2v) is 8.07. The molecule has 0 aliphatic heterocycles. The standard InChI is InChI=1S/C13H28O3S/c1-6-7-12(17(14,15)16)9-8-11(2)10-13(3,4)5/h11-12H,6-10H2,1-5H3,(H,14,15,16). The van der Waals surface area contributed by atoms with Gasteiger partial charge in [-0.3, -0.25) is 4.55 Å². The van der Waals surface area contributed by atoms with Crippen molar-refractivity contribution < 1.29 is 13.0 Å². The van der Waals surface area contributed by atoms with Gasteiger partial charge in [-0.1, -0.05) is 41.0 Å². The molecule has 0 bridgehead atoms. The topological polar surface area (TPSA) is 54.4 Å². The monoisotopic (exact) mass is 264 g/mol. The van der Waals surface area contributed by atoms with E-state index in [9.17, 15) is 8.42 Å². The fourth-order valence-corrected chi connectivity index (χ4v) is 3.35. The Kier molecular flexibility index (Phi) is 6.70. The van der Waals surface area contributed by atoms with Crippen LogP contribution in [-0.2, 0) is 10.1 Å². The zero-order valence-electron chi connectivity index (χ0n) is 11.9. The molecule has 3 nitrogen and oxygen atoms in total. The molecule has 0 spiro atoms. The lowest BCUT2D eigenvalue weighted by Gasteiger charge is -2.24. The molecule has 0 aliphatic carbocycles. The molecule has 104 valence electrons. The van der Waals surface area contributed by atoms with Gasteiger partial charge in [0.1, 0.15) is 0 Å². The van der Waals surface area contributed by atoms with Gasteiger partial charge in [-0.05, 0) is 37.0 Å². The predicted molar refractivity (Wildman–Crippen MR) is 72.7 cm³/mol. The van der Waals surface area contributed by atoms with Gasteiger partial charge in [0.15, 0.2) is 0 Å². The van der Waals surface area contributed by atoms with Crippen LogP contribution in [0.25, 0.3) is 0 Å². The normalized spacial score (nSPS) is 16.8. The summed E-state index contributed by atoms with van der Waals surface area (Å²) in [5.74, 6) is 0.496. The quantitative estimate of drug-likeness (QED) is 0.710. The Balaban J connectivity index is 4.23. The highest BCUT2D eigenvalue weighted by Crippen LogP contribution is 2.28. The van der Waals surface area contributed by atoms with Crippen LogP contribution >= 0.6 is 0 Å². The average molecular weight is 264 g/mol. The molecular weight excluding hydrogens is 236 g/mol. The first-order valence-electron chi connectivity index (χ1n) is 6.52. The van der Waals surface area contributed by atoms with Crippen molar-refractivity contribution in [2.24, 2.45) is 11.3 Å². The van der Waals surface area contributed by atoms with Crippen LogP contribution in [0.2, 0.25) is 0 Å². The molecule has 2 atom stereocenters. The summed E-state index contributed by atoms with van der Waals surface area (Å²) in [5, 5.41) is -0.574. The summed E-state index contributed by atoms with van der Waals surface area (Å²) in [6.07, 6.45) is 3.86. The van der Waals surface area contributed by atoms with Crippen molar-refractivity contribution in [3.63, 3.8) is 0 Å². The summed E-state index contributed by atoms with van der Waals surface area (Å²) in [6.45, 7) is 10.7. The highest BCUT2D eigenvalue weighted by molar-refractivity contribution is 7.86. The molecule has 0 fully saturated rings. The van der Waals surface area contributed by atoms with E-state index in [0.717, 1.165) is 19.3 Å². The molecule has 0 aliphatic rings. The molecule has 0 amide bonds. The highest BCUT2D eigenvalue weighted by Gasteiger charge is 2.23. The first-order valence-corrected chi connectivity index (χ1v) is 8.03. The maximum absolute atomic E-state index is 11.2. The summed E-state index contributed by atoms with van der Waals surface area (Å²) in [4.78, 5) is 0. The molecule has 0 saturated heterocycles. The van der Waals surface area contributed by atoms with E-state index in [1.54, 1.807) is 0 Å². The number of rotatable bonds is 7. The average Bonchev–Trinajstić information content (AvgIpc) is 2.07. The fourth-order valence-electron chi connectivity index (χ4n) is 2.38. The molecule has 0 radical (unpaired) electrons. The summed E-state index contributed by atoms with van der Waals surface area (Å²) >= 11 is 0. The number of hydrogen-bond donors (Lipinski definition) is 1. The van der Waals surface area contributed by atoms with Crippen LogP contribution in [0.15, 0.2) is 0 Å². The van der Waals surface area contributed by atoms with Crippen LogP contribution in [0.3, 0.4) is 0 Å². The van der Waals surface area contributed by atoms with Gasteiger partial charge < -0.3 is 0 Å². The third-order valence-corrected chi connectivity index (χ3v) is 4.29. The Bertz CT molecular complexity index is 301. The van der Waals surface area contributed by atoms with Crippen molar-refractivity contribution in [2.75, 3.05) is 0 Å². The molecule has 0 aromatic rings. The Morgan fingerprint density at radius 3 is 2.00 bits per heavy atom. The molecule has 2 unspecified atom stereocenters. The van der Waals surface area contributed by atoms with Crippen LogP contribution < -0.4 is 0 Å². The van der Waals surface area contributed by atoms with Gasteiger partial charge in [0.25, 0.3) is 10.1 Å². The zero-order chi connectivity index (χ0) is 13.7. The third-order valence-electron chi connectivity index (χ3n) is 2.97. The highest BCUT2D eigenvalue weighted by atomic mass is 32.2. The second kappa shape index (κ2) is 6.74. The van der Waals surface area contributed by atoms with E-state index in [4.69, 9.17) is 4.55 Å². The van der Waals surface area contributed by atoms with Gasteiger partial charge in [-0.25, -0.2) is 0 Å². The summed E-state index contributed by atoms with van der Waals surface area (Å²) in [5.41, 5.74) is 0.276. The second-order valence-electron chi connectivity index (χ2n) is 6.37. The zero-order valence-corrected chi connectivity index (χ0v) is 12.7. The van der Waals surface area contributed by atoms with Crippen LogP contribution in [0.5, 0.6) is 0 Å². The van der Waals surface area contributed by atoms with Crippen LogP contribution in [0.4, 0.5) is 0 Å². The molecule has 0 heterocycles. The maximum Gasteiger partial charge on any atom is 0.267 e. The molecular formula is C13H28O3S. The van der Waals surface area contributed by atoms with E-state index in [0.29, 0.717) is 18.8 Å². The van der Waals surface area contributed by atoms with Crippen LogP contribution in [0.1, 0.15) is 66.7 Å². The first kappa shape index (κ1) is 16.9. The van der Waals surface area contributed by atoms with E-state index >= 15 is 0 Å². The van der Waals surface area contributed by atoms with Crippen molar-refractivity contribution in [3.8, 4) is 0 Å². The van der Waals surface area contributed by atoms with Crippen molar-refractivity contribution in [3.05, 3.63) is 0 Å². The Labute approximate surface area is 107 Å². The van der Waals surface area contributed by atoms with Crippen molar-refractivity contribution >= 4 is 10.1 Å². The fraction of sp³-hybridized carbons (Fsp3) is 1.00. The predicted octanol–water partition coefficient (Wildman–Crippen LogP) is 3.90. The van der Waals surface area contributed by atoms with Gasteiger partial charge >= 0.3 is 0 Å². The summed E-state index contributed by atoms with van der Waals surface area (Å²) < 4.78 is 31.5. The lowest BCUT2D eigenvalue weighted by Crippen LogP contribution is -2.22. The Morgan fingerprint density at radius 2 is 1.65 bits per heavy atom. The maximum atomic E-state index is 11.2. The Morgan fingerprint density at radius 1 is 1.12 bits per heavy atom. The first-order chi connectivity index (χ1) is 7.56. The minimum Gasteiger partial charge on any atom is -0.285 e. The van der Waals surface area contributed by atoms with Gasteiger partial charge in [0.05, 0.1) is 5.25 Å². The van der Waals surface area contributed by atoms with Crippen LogP contribution in [-0.4, -0.2) is 18.2 Å². The van der Waals surface area contributed by atoms with Gasteiger partial charge in [-0.2, -0.15) is 8.42 Å². The molecule has 0 rings (SSSR count). The molecule has 0 saturated carbocycles. The van der Waals surface area contributed by atoms with Crippen molar-refractivity contribution in [1.29, 1.82) is 0 Å². The smallest absolute Gasteiger partial charge is 0.267 e. The minimum absolute atomic E-state index is 0.276. The lowest BCUT2D eigenvalue weighted by atomic mass is 9.83. The molecule has 0 aromatic heterocycles. The number of hydrogen-bond acceptors (Lipinski definition) is 2. The van der Waals surface area contributed by atoms with Gasteiger partial charge in [0.2, 0.25) is 0 Å². The van der Waals surface area contributed by atoms with Crippen LogP contribution in [0, 0.1) is 11.3 Å². The summed E-state index contributed by atoms with van der Waals surface area (Å²) in [6, 6.07) is 0. The third kappa shape index (κ3) is 8.61. The molecule has 17 heavy (non-hydrogen) atoms. The van der Waals surface area contributed by atoms with E-state index in [2.05, 4.69) is 27.7 Å². The lowest BCUT2D eigenvalue weighted by molar-refractivity contribution is 0.291. The molecule has 4 heteroatoms. The summed E-state index contributed by atoms with van der Waals surface area (Å²) in [7, 11) is -3.87. The van der Waals surface area contributed by atoms with E-state index < -0.39 is 15.4 Å². The SMILES string of the molecule is CCCC(CCC(C)CC(C)(C)C)S(=O)(=O)O. The van der Waals surface area contributed by atoms with Gasteiger partial charge in [-0.15, -0.1) is 0 Å². The van der Waals surface area contributed by atoms with E-state index in [1.807, 2.05) is 6.92 Å². The molecule has 0 aromatic carbocycles. The molecule has 1 N–H and O–H groups in total. The minimum atomic E-state index is -3.87. The largest absolute Gasteiger partial charge is 0.285 e. The van der Waals surface area contributed by atoms with Crippen molar-refractivity contribution in [2.45, 2.75) is 72.0 Å². The van der Waals surface area contributed by atoms with E-state index in [-0.39, 0.29) is 5.41 Å². The Hall–Kier alpha value is -0.0900.